The maximum atomic E-state index is 14.0. The molecule has 1 heterocycles. The van der Waals surface area contributed by atoms with Gasteiger partial charge in [-0.3, -0.25) is 19.2 Å². The summed E-state index contributed by atoms with van der Waals surface area (Å²) < 4.78 is 12.5. The van der Waals surface area contributed by atoms with Gasteiger partial charge in [-0.15, -0.1) is 0 Å². The lowest BCUT2D eigenvalue weighted by Gasteiger charge is -2.24. The van der Waals surface area contributed by atoms with Crippen LogP contribution in [0.1, 0.15) is 61.4 Å². The number of rotatable bonds is 12. The van der Waals surface area contributed by atoms with E-state index in [2.05, 4.69) is 10.6 Å². The fourth-order valence-electron chi connectivity index (χ4n) is 6.38. The third-order valence-corrected chi connectivity index (χ3v) is 9.45. The molecule has 0 saturated heterocycles. The van der Waals surface area contributed by atoms with E-state index in [1.54, 1.807) is 26.3 Å². The number of hydrogen-bond donors (Lipinski definition) is 2. The number of pyridine rings is 1. The number of nitrogens with one attached hydrogen (secondary N) is 2. The molecule has 4 aromatic carbocycles. The van der Waals surface area contributed by atoms with Gasteiger partial charge in [0.05, 0.1) is 25.5 Å². The standard InChI is InChI=1S/C43H45N3O6/c1-28-20-23-46(27-30-13-18-35(51-5)19-14-30)40(49)38(28)45-39(48)36(44-37(47)26-31-10-15-32-8-6-7-9-33(32)24-31)25-29-11-16-34(17-12-29)43(21-22-43)41(50)52-42(2,3)4/h6-20,23-24,36H,21-22,25-27H2,1-5H3,(H,44,47)(H,45,48)/t36-/m0/s1. The molecule has 52 heavy (non-hydrogen) atoms. The molecule has 9 heteroatoms. The lowest BCUT2D eigenvalue weighted by atomic mass is 9.93. The van der Waals surface area contributed by atoms with Crippen LogP contribution in [0.5, 0.6) is 5.75 Å². The second-order valence-electron chi connectivity index (χ2n) is 14.6. The fraction of sp³-hybridized carbons (Fsp3) is 0.302. The van der Waals surface area contributed by atoms with Crippen molar-refractivity contribution in [1.29, 1.82) is 0 Å². The van der Waals surface area contributed by atoms with Crippen LogP contribution in [0.15, 0.2) is 108 Å². The summed E-state index contributed by atoms with van der Waals surface area (Å²) in [5, 5.41) is 7.89. The van der Waals surface area contributed by atoms with Crippen molar-refractivity contribution in [2.45, 2.75) is 77.0 Å². The van der Waals surface area contributed by atoms with Crippen molar-refractivity contribution in [1.82, 2.24) is 9.88 Å². The summed E-state index contributed by atoms with van der Waals surface area (Å²) in [6.07, 6.45) is 3.37. The van der Waals surface area contributed by atoms with Gasteiger partial charge in [0.1, 0.15) is 23.1 Å². The molecular formula is C43H45N3O6. The predicted molar refractivity (Wildman–Crippen MR) is 203 cm³/mol. The number of ether oxygens (including phenoxy) is 2. The van der Waals surface area contributed by atoms with Crippen LogP contribution >= 0.6 is 0 Å². The van der Waals surface area contributed by atoms with Crippen molar-refractivity contribution in [2.24, 2.45) is 0 Å². The van der Waals surface area contributed by atoms with Gasteiger partial charge in [0.25, 0.3) is 5.56 Å². The second-order valence-corrected chi connectivity index (χ2v) is 14.6. The number of amides is 2. The first-order valence-corrected chi connectivity index (χ1v) is 17.6. The molecule has 2 N–H and O–H groups in total. The van der Waals surface area contributed by atoms with Gasteiger partial charge in [0.15, 0.2) is 0 Å². The zero-order valence-corrected chi connectivity index (χ0v) is 30.3. The molecule has 1 aliphatic carbocycles. The van der Waals surface area contributed by atoms with E-state index < -0.39 is 23.0 Å². The molecule has 268 valence electrons. The van der Waals surface area contributed by atoms with Crippen molar-refractivity contribution < 1.29 is 23.9 Å². The molecule has 1 saturated carbocycles. The van der Waals surface area contributed by atoms with Crippen LogP contribution in [-0.2, 0) is 43.9 Å². The summed E-state index contributed by atoms with van der Waals surface area (Å²) in [6, 6.07) is 29.6. The molecule has 5 aromatic rings. The van der Waals surface area contributed by atoms with Crippen LogP contribution in [-0.4, -0.2) is 41.1 Å². The summed E-state index contributed by atoms with van der Waals surface area (Å²) in [6.45, 7) is 7.64. The van der Waals surface area contributed by atoms with E-state index in [4.69, 9.17) is 9.47 Å². The fourth-order valence-corrected chi connectivity index (χ4v) is 6.38. The Morgan fingerprint density at radius 2 is 1.50 bits per heavy atom. The molecule has 0 aliphatic heterocycles. The average molecular weight is 700 g/mol. The number of anilines is 1. The molecule has 6 rings (SSSR count). The molecule has 0 radical (unpaired) electrons. The van der Waals surface area contributed by atoms with E-state index in [1.165, 1.54) is 4.57 Å². The molecule has 0 bridgehead atoms. The minimum Gasteiger partial charge on any atom is -0.497 e. The number of hydrogen-bond acceptors (Lipinski definition) is 6. The summed E-state index contributed by atoms with van der Waals surface area (Å²) >= 11 is 0. The first-order valence-electron chi connectivity index (χ1n) is 17.6. The van der Waals surface area contributed by atoms with E-state index in [0.717, 1.165) is 33.0 Å². The van der Waals surface area contributed by atoms with Crippen LogP contribution < -0.4 is 20.9 Å². The molecule has 9 nitrogen and oxygen atoms in total. The Labute approximate surface area is 304 Å². The van der Waals surface area contributed by atoms with Crippen LogP contribution in [0.4, 0.5) is 5.69 Å². The van der Waals surface area contributed by atoms with E-state index in [9.17, 15) is 19.2 Å². The number of methoxy groups -OCH3 is 1. The van der Waals surface area contributed by atoms with Crippen LogP contribution in [0.3, 0.4) is 0 Å². The number of aryl methyl sites for hydroxylation is 1. The number of fused-ring (bicyclic) bond motifs is 1. The first kappa shape index (κ1) is 36.1. The highest BCUT2D eigenvalue weighted by atomic mass is 16.6. The molecule has 1 aromatic heterocycles. The zero-order chi connectivity index (χ0) is 37.0. The average Bonchev–Trinajstić information content (AvgIpc) is 3.93. The Bertz CT molecular complexity index is 2160. The van der Waals surface area contributed by atoms with Gasteiger partial charge in [0, 0.05) is 12.6 Å². The number of benzene rings is 4. The van der Waals surface area contributed by atoms with Crippen molar-refractivity contribution in [3.05, 3.63) is 141 Å². The van der Waals surface area contributed by atoms with Crippen molar-refractivity contribution in [2.75, 3.05) is 12.4 Å². The van der Waals surface area contributed by atoms with Crippen LogP contribution in [0.25, 0.3) is 10.8 Å². The van der Waals surface area contributed by atoms with Gasteiger partial charge in [-0.2, -0.15) is 0 Å². The molecule has 0 spiro atoms. The van der Waals surface area contributed by atoms with Crippen molar-refractivity contribution in [3.8, 4) is 5.75 Å². The third kappa shape index (κ3) is 8.42. The van der Waals surface area contributed by atoms with Gasteiger partial charge in [-0.25, -0.2) is 0 Å². The van der Waals surface area contributed by atoms with Crippen molar-refractivity contribution >= 4 is 34.2 Å². The zero-order valence-electron chi connectivity index (χ0n) is 30.3. The van der Waals surface area contributed by atoms with Gasteiger partial charge in [-0.1, -0.05) is 78.9 Å². The quantitative estimate of drug-likeness (QED) is 0.141. The minimum atomic E-state index is -0.992. The summed E-state index contributed by atoms with van der Waals surface area (Å²) in [4.78, 5) is 54.3. The monoisotopic (exact) mass is 699 g/mol. The lowest BCUT2D eigenvalue weighted by Crippen LogP contribution is -2.46. The van der Waals surface area contributed by atoms with Crippen LogP contribution in [0.2, 0.25) is 0 Å². The van der Waals surface area contributed by atoms with E-state index in [1.807, 2.05) is 112 Å². The molecule has 2 amide bonds. The summed E-state index contributed by atoms with van der Waals surface area (Å²) in [5.41, 5.74) is 2.52. The molecule has 0 unspecified atom stereocenters. The number of carbonyl (C=O) groups excluding carboxylic acids is 3. The lowest BCUT2D eigenvalue weighted by molar-refractivity contribution is -0.158. The molecule has 1 atom stereocenters. The normalized spacial score (nSPS) is 13.9. The number of nitrogens with zero attached hydrogens (tertiary/aromatic N) is 1. The van der Waals surface area contributed by atoms with E-state index >= 15 is 0 Å². The Morgan fingerprint density at radius 3 is 2.15 bits per heavy atom. The SMILES string of the molecule is COc1ccc(Cn2ccc(C)c(NC(=O)[C@H](Cc3ccc(C4(C(=O)OC(C)(C)C)CC4)cc3)NC(=O)Cc3ccc4ccccc4c3)c2=O)cc1. The smallest absolute Gasteiger partial charge is 0.317 e. The maximum Gasteiger partial charge on any atom is 0.317 e. The van der Waals surface area contributed by atoms with Crippen LogP contribution in [0, 0.1) is 6.92 Å². The van der Waals surface area contributed by atoms with Crippen molar-refractivity contribution in [3.63, 3.8) is 0 Å². The topological polar surface area (TPSA) is 116 Å². The third-order valence-electron chi connectivity index (χ3n) is 9.45. The molecule has 1 fully saturated rings. The first-order chi connectivity index (χ1) is 24.8. The highest BCUT2D eigenvalue weighted by molar-refractivity contribution is 5.98. The summed E-state index contributed by atoms with van der Waals surface area (Å²) in [5.74, 6) is -0.352. The predicted octanol–water partition coefficient (Wildman–Crippen LogP) is 6.65. The van der Waals surface area contributed by atoms with Gasteiger partial charge < -0.3 is 24.7 Å². The highest BCUT2D eigenvalue weighted by Crippen LogP contribution is 2.49. The Morgan fingerprint density at radius 1 is 0.846 bits per heavy atom. The number of esters is 1. The molecule has 1 aliphatic rings. The van der Waals surface area contributed by atoms with E-state index in [-0.39, 0.29) is 36.0 Å². The number of aromatic nitrogens is 1. The van der Waals surface area contributed by atoms with Gasteiger partial charge in [-0.05, 0) is 97.3 Å². The Kier molecular flexibility index (Phi) is 10.3. The van der Waals surface area contributed by atoms with Gasteiger partial charge >= 0.3 is 5.97 Å². The second kappa shape index (κ2) is 14.9. The molecular weight excluding hydrogens is 654 g/mol. The minimum absolute atomic E-state index is 0.0744. The van der Waals surface area contributed by atoms with E-state index in [0.29, 0.717) is 30.7 Å². The van der Waals surface area contributed by atoms with Gasteiger partial charge in [0.2, 0.25) is 11.8 Å². The Balaban J connectivity index is 1.23. The summed E-state index contributed by atoms with van der Waals surface area (Å²) in [7, 11) is 1.60. The maximum absolute atomic E-state index is 14.0. The number of carbonyl (C=O) groups is 3. The highest BCUT2D eigenvalue weighted by Gasteiger charge is 2.53. The Hall–Kier alpha value is -5.70. The largest absolute Gasteiger partial charge is 0.497 e.